The van der Waals surface area contributed by atoms with E-state index in [1.165, 1.54) is 43.0 Å². The van der Waals surface area contributed by atoms with E-state index in [9.17, 15) is 8.42 Å². The second kappa shape index (κ2) is 6.06. The number of hydrogen-bond donors (Lipinski definition) is 0. The number of sulfonamides is 1. The number of piperazine rings is 1. The average Bonchev–Trinajstić information content (AvgIpc) is 2.95. The summed E-state index contributed by atoms with van der Waals surface area (Å²) in [5.41, 5.74) is 0. The monoisotopic (exact) mass is 312 g/mol. The summed E-state index contributed by atoms with van der Waals surface area (Å²) >= 11 is 0. The van der Waals surface area contributed by atoms with Crippen molar-refractivity contribution in [2.75, 3.05) is 26.2 Å². The number of hydrogen-bond acceptors (Lipinski definition) is 4. The predicted molar refractivity (Wildman–Crippen MR) is 80.4 cm³/mol. The Morgan fingerprint density at radius 1 is 1.10 bits per heavy atom. The van der Waals surface area contributed by atoms with Gasteiger partial charge in [0.15, 0.2) is 5.03 Å². The van der Waals surface area contributed by atoms with Crippen LogP contribution in [0.5, 0.6) is 0 Å². The van der Waals surface area contributed by atoms with Crippen molar-refractivity contribution in [1.29, 1.82) is 0 Å². The molecule has 3 rings (SSSR count). The second-order valence-corrected chi connectivity index (χ2v) is 7.91. The van der Waals surface area contributed by atoms with Crippen LogP contribution in [-0.4, -0.2) is 59.6 Å². The maximum atomic E-state index is 12.6. The minimum atomic E-state index is -3.40. The zero-order valence-corrected chi connectivity index (χ0v) is 13.4. The lowest BCUT2D eigenvalue weighted by Crippen LogP contribution is -2.52. The smallest absolute Gasteiger partial charge is 0.260 e. The van der Waals surface area contributed by atoms with Crippen molar-refractivity contribution in [2.24, 2.45) is 7.05 Å². The lowest BCUT2D eigenvalue weighted by atomic mass is 9.94. The zero-order valence-electron chi connectivity index (χ0n) is 12.6. The van der Waals surface area contributed by atoms with Gasteiger partial charge in [0.2, 0.25) is 0 Å². The van der Waals surface area contributed by atoms with Crippen LogP contribution >= 0.6 is 0 Å². The van der Waals surface area contributed by atoms with Gasteiger partial charge in [-0.1, -0.05) is 19.3 Å². The van der Waals surface area contributed by atoms with Crippen molar-refractivity contribution in [2.45, 2.75) is 43.2 Å². The summed E-state index contributed by atoms with van der Waals surface area (Å²) in [7, 11) is -1.72. The van der Waals surface area contributed by atoms with E-state index in [0.29, 0.717) is 19.1 Å². The maximum absolute atomic E-state index is 12.6. The molecule has 0 amide bonds. The summed E-state index contributed by atoms with van der Waals surface area (Å²) < 4.78 is 28.2. The molecule has 0 atom stereocenters. The van der Waals surface area contributed by atoms with Crippen molar-refractivity contribution in [3.63, 3.8) is 0 Å². The number of nitrogens with zero attached hydrogens (tertiary/aromatic N) is 4. The first-order valence-corrected chi connectivity index (χ1v) is 9.25. The van der Waals surface area contributed by atoms with Crippen molar-refractivity contribution in [3.05, 3.63) is 12.3 Å². The molecule has 2 aliphatic rings. The quantitative estimate of drug-likeness (QED) is 0.837. The molecule has 0 unspecified atom stereocenters. The third-order valence-corrected chi connectivity index (χ3v) is 6.72. The highest BCUT2D eigenvalue weighted by atomic mass is 32.2. The van der Waals surface area contributed by atoms with Gasteiger partial charge in [0.1, 0.15) is 0 Å². The summed E-state index contributed by atoms with van der Waals surface area (Å²) in [6, 6.07) is 2.24. The molecule has 2 fully saturated rings. The van der Waals surface area contributed by atoms with Crippen molar-refractivity contribution in [1.82, 2.24) is 19.0 Å². The molecule has 21 heavy (non-hydrogen) atoms. The van der Waals surface area contributed by atoms with Crippen molar-refractivity contribution in [3.8, 4) is 0 Å². The van der Waals surface area contributed by atoms with Crippen LogP contribution in [0.4, 0.5) is 0 Å². The number of aryl methyl sites for hydroxylation is 1. The number of rotatable bonds is 3. The van der Waals surface area contributed by atoms with Crippen LogP contribution < -0.4 is 0 Å². The third-order valence-electron chi connectivity index (χ3n) is 4.74. The van der Waals surface area contributed by atoms with Crippen LogP contribution in [0, 0.1) is 0 Å². The zero-order chi connectivity index (χ0) is 14.9. The Balaban J connectivity index is 1.64. The summed E-state index contributed by atoms with van der Waals surface area (Å²) in [5, 5.41) is 4.25. The molecule has 2 heterocycles. The van der Waals surface area contributed by atoms with Crippen molar-refractivity contribution < 1.29 is 8.42 Å². The van der Waals surface area contributed by atoms with E-state index < -0.39 is 10.0 Å². The highest BCUT2D eigenvalue weighted by molar-refractivity contribution is 7.89. The Labute approximate surface area is 126 Å². The predicted octanol–water partition coefficient (Wildman–Crippen LogP) is 1.06. The molecule has 1 saturated heterocycles. The summed E-state index contributed by atoms with van der Waals surface area (Å²) in [6.45, 7) is 2.87. The molecule has 1 aliphatic carbocycles. The molecule has 1 aromatic rings. The van der Waals surface area contributed by atoms with Gasteiger partial charge >= 0.3 is 0 Å². The molecule has 7 heteroatoms. The minimum absolute atomic E-state index is 0.286. The number of aromatic nitrogens is 2. The van der Waals surface area contributed by atoms with Gasteiger partial charge in [-0.25, -0.2) is 8.42 Å². The first-order valence-electron chi connectivity index (χ1n) is 7.81. The lowest BCUT2D eigenvalue weighted by Gasteiger charge is -2.40. The Kier molecular flexibility index (Phi) is 4.33. The lowest BCUT2D eigenvalue weighted by molar-refractivity contribution is 0.111. The van der Waals surface area contributed by atoms with Gasteiger partial charge in [0.25, 0.3) is 10.0 Å². The SMILES string of the molecule is Cn1nccc1S(=O)(=O)N1CCN(C2CCCCC2)CC1. The van der Waals surface area contributed by atoms with Crippen molar-refractivity contribution >= 4 is 10.0 Å². The van der Waals surface area contributed by atoms with Gasteiger partial charge in [-0.15, -0.1) is 0 Å². The Hall–Kier alpha value is -0.920. The maximum Gasteiger partial charge on any atom is 0.260 e. The molecule has 1 saturated carbocycles. The van der Waals surface area contributed by atoms with Gasteiger partial charge in [0, 0.05) is 39.3 Å². The molecule has 0 bridgehead atoms. The van der Waals surface area contributed by atoms with Gasteiger partial charge in [-0.2, -0.15) is 9.40 Å². The molecule has 1 aromatic heterocycles. The molecule has 6 nitrogen and oxygen atoms in total. The normalized spacial score (nSPS) is 23.5. The van der Waals surface area contributed by atoms with E-state index in [4.69, 9.17) is 0 Å². The molecular weight excluding hydrogens is 288 g/mol. The van der Waals surface area contributed by atoms with Crippen LogP contribution in [0.15, 0.2) is 17.3 Å². The molecule has 0 radical (unpaired) electrons. The van der Waals surface area contributed by atoms with Crippen LogP contribution in [0.3, 0.4) is 0 Å². The van der Waals surface area contributed by atoms with Gasteiger partial charge in [-0.05, 0) is 18.9 Å². The van der Waals surface area contributed by atoms with E-state index in [0.717, 1.165) is 13.1 Å². The molecule has 0 spiro atoms. The van der Waals surface area contributed by atoms with E-state index in [-0.39, 0.29) is 5.03 Å². The molecule has 118 valence electrons. The van der Waals surface area contributed by atoms with E-state index >= 15 is 0 Å². The standard InChI is InChI=1S/C14H24N4O2S/c1-16-14(7-8-15-16)21(19,20)18-11-9-17(10-12-18)13-5-3-2-4-6-13/h7-8,13H,2-6,9-12H2,1H3. The van der Waals surface area contributed by atoms with Gasteiger partial charge in [0.05, 0.1) is 6.20 Å². The van der Waals surface area contributed by atoms with E-state index in [1.54, 1.807) is 17.4 Å². The van der Waals surface area contributed by atoms with Gasteiger partial charge < -0.3 is 0 Å². The Morgan fingerprint density at radius 3 is 2.33 bits per heavy atom. The van der Waals surface area contributed by atoms with Gasteiger partial charge in [-0.3, -0.25) is 9.58 Å². The first-order chi connectivity index (χ1) is 10.1. The fourth-order valence-corrected chi connectivity index (χ4v) is 5.02. The minimum Gasteiger partial charge on any atom is -0.298 e. The fraction of sp³-hybridized carbons (Fsp3) is 0.786. The summed E-state index contributed by atoms with van der Waals surface area (Å²) in [4.78, 5) is 2.48. The molecule has 0 N–H and O–H groups in total. The van der Waals surface area contributed by atoms with E-state index in [1.807, 2.05) is 0 Å². The summed E-state index contributed by atoms with van der Waals surface area (Å²) in [5.74, 6) is 0. The fourth-order valence-electron chi connectivity index (χ4n) is 3.50. The Bertz CT molecular complexity index is 570. The molecular formula is C14H24N4O2S. The van der Waals surface area contributed by atoms with Crippen LogP contribution in [0.1, 0.15) is 32.1 Å². The first kappa shape index (κ1) is 15.0. The Morgan fingerprint density at radius 2 is 1.76 bits per heavy atom. The third kappa shape index (κ3) is 3.00. The molecule has 1 aliphatic heterocycles. The van der Waals surface area contributed by atoms with Crippen LogP contribution in [0.25, 0.3) is 0 Å². The topological polar surface area (TPSA) is 58.4 Å². The van der Waals surface area contributed by atoms with Crippen LogP contribution in [-0.2, 0) is 17.1 Å². The van der Waals surface area contributed by atoms with Crippen LogP contribution in [0.2, 0.25) is 0 Å². The molecule has 0 aromatic carbocycles. The summed E-state index contributed by atoms with van der Waals surface area (Å²) in [6.07, 6.45) is 8.07. The second-order valence-electron chi connectivity index (χ2n) is 6.02. The van der Waals surface area contributed by atoms with E-state index in [2.05, 4.69) is 10.00 Å². The highest BCUT2D eigenvalue weighted by Gasteiger charge is 2.32. The highest BCUT2D eigenvalue weighted by Crippen LogP contribution is 2.24. The average molecular weight is 312 g/mol. The largest absolute Gasteiger partial charge is 0.298 e.